The maximum absolute atomic E-state index is 12.2. The minimum absolute atomic E-state index is 0.0162. The van der Waals surface area contributed by atoms with Gasteiger partial charge >= 0.3 is 5.97 Å². The molecule has 0 aromatic heterocycles. The molecule has 0 heterocycles. The fourth-order valence-electron chi connectivity index (χ4n) is 1.97. The van der Waals surface area contributed by atoms with E-state index in [1.165, 1.54) is 19.2 Å². The summed E-state index contributed by atoms with van der Waals surface area (Å²) in [5, 5.41) is 5.08. The van der Waals surface area contributed by atoms with Crippen molar-refractivity contribution in [3.05, 3.63) is 53.6 Å². The van der Waals surface area contributed by atoms with E-state index in [0.29, 0.717) is 5.75 Å². The lowest BCUT2D eigenvalue weighted by Gasteiger charge is -2.10. The first kappa shape index (κ1) is 17.8. The summed E-state index contributed by atoms with van der Waals surface area (Å²) in [6.07, 6.45) is 0. The van der Waals surface area contributed by atoms with Crippen LogP contribution in [0.2, 0.25) is 0 Å². The van der Waals surface area contributed by atoms with Gasteiger partial charge in [-0.3, -0.25) is 0 Å². The average Bonchev–Trinajstić information content (AvgIpc) is 2.58. The predicted octanol–water partition coefficient (Wildman–Crippen LogP) is 1.71. The van der Waals surface area contributed by atoms with Crippen LogP contribution in [0.3, 0.4) is 0 Å². The first-order chi connectivity index (χ1) is 11.3. The molecule has 128 valence electrons. The van der Waals surface area contributed by atoms with E-state index in [1.807, 2.05) is 0 Å². The second-order valence-electron chi connectivity index (χ2n) is 4.83. The summed E-state index contributed by atoms with van der Waals surface area (Å²) >= 11 is 0. The molecule has 0 amide bonds. The number of carbonyl (C=O) groups excluding carboxylic acids is 1. The summed E-state index contributed by atoms with van der Waals surface area (Å²) in [5.41, 5.74) is 0.739. The molecule has 7 nitrogen and oxygen atoms in total. The molecule has 0 saturated carbocycles. The van der Waals surface area contributed by atoms with Crippen molar-refractivity contribution in [2.45, 2.75) is 11.5 Å². The predicted molar refractivity (Wildman–Crippen MR) is 86.5 cm³/mol. The van der Waals surface area contributed by atoms with E-state index in [1.54, 1.807) is 31.4 Å². The van der Waals surface area contributed by atoms with Crippen LogP contribution >= 0.6 is 0 Å². The van der Waals surface area contributed by atoms with E-state index >= 15 is 0 Å². The average molecular weight is 351 g/mol. The number of esters is 1. The molecule has 0 spiro atoms. The highest BCUT2D eigenvalue weighted by molar-refractivity contribution is 7.89. The van der Waals surface area contributed by atoms with Crippen molar-refractivity contribution in [2.24, 2.45) is 5.14 Å². The minimum atomic E-state index is -3.94. The summed E-state index contributed by atoms with van der Waals surface area (Å²) in [4.78, 5) is 12.0. The molecule has 0 aliphatic heterocycles. The van der Waals surface area contributed by atoms with Crippen molar-refractivity contribution < 1.29 is 27.4 Å². The van der Waals surface area contributed by atoms with Gasteiger partial charge in [0.25, 0.3) is 0 Å². The molecular formula is C16H17NO6S. The molecule has 2 N–H and O–H groups in total. The smallest absolute Gasteiger partial charge is 0.342 e. The highest BCUT2D eigenvalue weighted by Crippen LogP contribution is 2.23. The zero-order chi connectivity index (χ0) is 17.7. The van der Waals surface area contributed by atoms with Crippen molar-refractivity contribution in [3.63, 3.8) is 0 Å². The fraction of sp³-hybridized carbons (Fsp3) is 0.188. The molecule has 24 heavy (non-hydrogen) atoms. The fourth-order valence-corrected chi connectivity index (χ4v) is 2.51. The Labute approximate surface area is 140 Å². The van der Waals surface area contributed by atoms with Crippen LogP contribution in [0.4, 0.5) is 0 Å². The third kappa shape index (κ3) is 4.24. The molecule has 2 aromatic rings. The third-order valence-corrected chi connectivity index (χ3v) is 4.16. The van der Waals surface area contributed by atoms with Gasteiger partial charge in [0.05, 0.1) is 19.1 Å². The monoisotopic (exact) mass is 351 g/mol. The summed E-state index contributed by atoms with van der Waals surface area (Å²) in [6, 6.07) is 10.7. The van der Waals surface area contributed by atoms with Crippen molar-refractivity contribution in [1.29, 1.82) is 0 Å². The summed E-state index contributed by atoms with van der Waals surface area (Å²) < 4.78 is 38.2. The lowest BCUT2D eigenvalue weighted by atomic mass is 10.2. The minimum Gasteiger partial charge on any atom is -0.497 e. The van der Waals surface area contributed by atoms with E-state index in [9.17, 15) is 13.2 Å². The Bertz CT molecular complexity index is 830. The van der Waals surface area contributed by atoms with Crippen molar-refractivity contribution in [1.82, 2.24) is 0 Å². The Balaban J connectivity index is 2.18. The lowest BCUT2D eigenvalue weighted by Crippen LogP contribution is -2.14. The number of primary sulfonamides is 1. The van der Waals surface area contributed by atoms with Gasteiger partial charge in [-0.2, -0.15) is 0 Å². The van der Waals surface area contributed by atoms with Crippen molar-refractivity contribution in [3.8, 4) is 11.5 Å². The van der Waals surface area contributed by atoms with E-state index in [4.69, 9.17) is 19.3 Å². The molecule has 8 heteroatoms. The van der Waals surface area contributed by atoms with Gasteiger partial charge in [-0.25, -0.2) is 18.4 Å². The Hall–Kier alpha value is -2.58. The Morgan fingerprint density at radius 2 is 1.71 bits per heavy atom. The second-order valence-corrected chi connectivity index (χ2v) is 6.39. The number of ether oxygens (including phenoxy) is 3. The van der Waals surface area contributed by atoms with E-state index in [-0.39, 0.29) is 22.8 Å². The molecule has 0 unspecified atom stereocenters. The quantitative estimate of drug-likeness (QED) is 0.794. The Kier molecular flexibility index (Phi) is 5.42. The lowest BCUT2D eigenvalue weighted by molar-refractivity contribution is 0.0468. The number of methoxy groups -OCH3 is 2. The summed E-state index contributed by atoms with van der Waals surface area (Å²) in [7, 11) is -1.01. The summed E-state index contributed by atoms with van der Waals surface area (Å²) in [6.45, 7) is 0.0194. The molecule has 0 fully saturated rings. The molecule has 0 bridgehead atoms. The molecule has 2 rings (SSSR count). The summed E-state index contributed by atoms with van der Waals surface area (Å²) in [5.74, 6) is 0.169. The molecule has 0 atom stereocenters. The molecular weight excluding hydrogens is 334 g/mol. The SMILES string of the molecule is COc1ccc(COC(=O)c2cc(S(N)(=O)=O)ccc2OC)cc1. The Morgan fingerprint density at radius 1 is 1.04 bits per heavy atom. The zero-order valence-corrected chi connectivity index (χ0v) is 14.0. The van der Waals surface area contributed by atoms with Gasteiger partial charge in [-0.1, -0.05) is 12.1 Å². The first-order valence-electron chi connectivity index (χ1n) is 6.86. The largest absolute Gasteiger partial charge is 0.497 e. The molecule has 0 aliphatic rings. The number of hydrogen-bond donors (Lipinski definition) is 1. The van der Waals surface area contributed by atoms with Gasteiger partial charge < -0.3 is 14.2 Å². The normalized spacial score (nSPS) is 11.0. The number of nitrogens with two attached hydrogens (primary N) is 1. The van der Waals surface area contributed by atoms with Gasteiger partial charge in [-0.05, 0) is 35.9 Å². The van der Waals surface area contributed by atoms with Crippen LogP contribution in [0.25, 0.3) is 0 Å². The van der Waals surface area contributed by atoms with Gasteiger partial charge in [-0.15, -0.1) is 0 Å². The van der Waals surface area contributed by atoms with E-state index < -0.39 is 16.0 Å². The maximum atomic E-state index is 12.2. The van der Waals surface area contributed by atoms with E-state index in [0.717, 1.165) is 11.6 Å². The topological polar surface area (TPSA) is 105 Å². The number of sulfonamides is 1. The van der Waals surface area contributed by atoms with Crippen molar-refractivity contribution in [2.75, 3.05) is 14.2 Å². The van der Waals surface area contributed by atoms with Gasteiger partial charge in [0, 0.05) is 0 Å². The van der Waals surface area contributed by atoms with E-state index in [2.05, 4.69) is 0 Å². The van der Waals surface area contributed by atoms with Crippen LogP contribution in [-0.2, 0) is 21.4 Å². The van der Waals surface area contributed by atoms with Crippen LogP contribution in [0, 0.1) is 0 Å². The third-order valence-electron chi connectivity index (χ3n) is 3.25. The van der Waals surface area contributed by atoms with Gasteiger partial charge in [0.1, 0.15) is 23.7 Å². The molecule has 0 saturated heterocycles. The first-order valence-corrected chi connectivity index (χ1v) is 8.40. The number of hydrogen-bond acceptors (Lipinski definition) is 6. The number of benzene rings is 2. The molecule has 0 radical (unpaired) electrons. The van der Waals surface area contributed by atoms with Gasteiger partial charge in [0.15, 0.2) is 0 Å². The van der Waals surface area contributed by atoms with Crippen LogP contribution in [-0.4, -0.2) is 28.6 Å². The second kappa shape index (κ2) is 7.33. The highest BCUT2D eigenvalue weighted by atomic mass is 32.2. The zero-order valence-electron chi connectivity index (χ0n) is 13.2. The van der Waals surface area contributed by atoms with Gasteiger partial charge in [0.2, 0.25) is 10.0 Å². The number of carbonyl (C=O) groups is 1. The Morgan fingerprint density at radius 3 is 2.25 bits per heavy atom. The molecule has 2 aromatic carbocycles. The highest BCUT2D eigenvalue weighted by Gasteiger charge is 2.18. The van der Waals surface area contributed by atoms with Crippen LogP contribution in [0.15, 0.2) is 47.4 Å². The van der Waals surface area contributed by atoms with Crippen LogP contribution in [0.1, 0.15) is 15.9 Å². The molecule has 0 aliphatic carbocycles. The standard InChI is InChI=1S/C16H17NO6S/c1-21-12-5-3-11(4-6-12)10-23-16(18)14-9-13(24(17,19)20)7-8-15(14)22-2/h3-9H,10H2,1-2H3,(H2,17,19,20). The van der Waals surface area contributed by atoms with Crippen molar-refractivity contribution >= 4 is 16.0 Å². The van der Waals surface area contributed by atoms with Crippen LogP contribution < -0.4 is 14.6 Å². The number of rotatable bonds is 6. The van der Waals surface area contributed by atoms with Crippen LogP contribution in [0.5, 0.6) is 11.5 Å². The maximum Gasteiger partial charge on any atom is 0.342 e.